The molecule has 0 saturated carbocycles. The minimum absolute atomic E-state index is 0.101. The standard InChI is InChI=1S/C31H29N3O3/c1-20(2)37-30-12-10-21(7-8-22-9-11-23-13-14-32-29(23)16-22)15-27(30)31(36)34-25(19-35)17-24-18-33-28-6-4-3-5-26(24)28/h3-6,9-16,18,20,25,32-33,35H,17,19H2,1-2H3,(H,34,36)/t25-/m1/s1. The van der Waals surface area contributed by atoms with Crippen molar-refractivity contribution >= 4 is 27.7 Å². The second kappa shape index (κ2) is 10.7. The zero-order valence-electron chi connectivity index (χ0n) is 20.8. The highest BCUT2D eigenvalue weighted by Crippen LogP contribution is 2.23. The Balaban J connectivity index is 1.39. The van der Waals surface area contributed by atoms with Crippen LogP contribution in [0.1, 0.15) is 40.9 Å². The van der Waals surface area contributed by atoms with Gasteiger partial charge in [0.05, 0.1) is 24.3 Å². The van der Waals surface area contributed by atoms with Crippen molar-refractivity contribution in [2.75, 3.05) is 6.61 Å². The Hall–Kier alpha value is -4.47. The molecule has 5 rings (SSSR count). The van der Waals surface area contributed by atoms with Crippen LogP contribution in [0.4, 0.5) is 0 Å². The fraction of sp³-hybridized carbons (Fsp3) is 0.194. The fourth-order valence-electron chi connectivity index (χ4n) is 4.40. The van der Waals surface area contributed by atoms with Crippen LogP contribution in [-0.4, -0.2) is 39.7 Å². The number of aliphatic hydroxyl groups is 1. The molecule has 3 aromatic carbocycles. The molecular formula is C31H29N3O3. The Bertz CT molecular complexity index is 1620. The molecule has 0 bridgehead atoms. The van der Waals surface area contributed by atoms with Crippen LogP contribution in [0.15, 0.2) is 79.1 Å². The van der Waals surface area contributed by atoms with Gasteiger partial charge in [-0.1, -0.05) is 36.1 Å². The maximum absolute atomic E-state index is 13.4. The van der Waals surface area contributed by atoms with E-state index < -0.39 is 6.04 Å². The van der Waals surface area contributed by atoms with Gasteiger partial charge in [0.15, 0.2) is 0 Å². The topological polar surface area (TPSA) is 90.1 Å². The summed E-state index contributed by atoms with van der Waals surface area (Å²) in [6, 6.07) is 20.9. The molecule has 1 amide bonds. The minimum Gasteiger partial charge on any atom is -0.490 e. The Morgan fingerprint density at radius 2 is 1.76 bits per heavy atom. The molecule has 5 aromatic rings. The van der Waals surface area contributed by atoms with Crippen LogP contribution in [0.5, 0.6) is 5.75 Å². The summed E-state index contributed by atoms with van der Waals surface area (Å²) in [4.78, 5) is 19.8. The van der Waals surface area contributed by atoms with E-state index in [1.54, 1.807) is 12.1 Å². The number of H-pyrrole nitrogens is 2. The lowest BCUT2D eigenvalue weighted by atomic mass is 10.0. The number of hydrogen-bond donors (Lipinski definition) is 4. The van der Waals surface area contributed by atoms with E-state index in [1.165, 1.54) is 0 Å². The van der Waals surface area contributed by atoms with E-state index in [2.05, 4.69) is 27.1 Å². The number of para-hydroxylation sites is 1. The number of aromatic nitrogens is 2. The quantitative estimate of drug-likeness (QED) is 0.237. The highest BCUT2D eigenvalue weighted by Gasteiger charge is 2.19. The number of amides is 1. The Morgan fingerprint density at radius 1 is 0.973 bits per heavy atom. The van der Waals surface area contributed by atoms with Gasteiger partial charge in [0.1, 0.15) is 5.75 Å². The molecule has 1 atom stereocenters. The van der Waals surface area contributed by atoms with Gasteiger partial charge in [-0.25, -0.2) is 0 Å². The third-order valence-electron chi connectivity index (χ3n) is 6.19. The maximum Gasteiger partial charge on any atom is 0.255 e. The predicted molar refractivity (Wildman–Crippen MR) is 147 cm³/mol. The van der Waals surface area contributed by atoms with E-state index in [9.17, 15) is 9.90 Å². The molecule has 186 valence electrons. The van der Waals surface area contributed by atoms with Crippen molar-refractivity contribution < 1.29 is 14.6 Å². The summed E-state index contributed by atoms with van der Waals surface area (Å²) in [5.74, 6) is 6.51. The highest BCUT2D eigenvalue weighted by molar-refractivity contribution is 5.97. The summed E-state index contributed by atoms with van der Waals surface area (Å²) in [6.45, 7) is 3.64. The zero-order valence-corrected chi connectivity index (χ0v) is 20.8. The molecule has 2 heterocycles. The second-order valence-electron chi connectivity index (χ2n) is 9.32. The first kappa shape index (κ1) is 24.2. The first-order valence-corrected chi connectivity index (χ1v) is 12.4. The molecule has 0 aliphatic carbocycles. The third-order valence-corrected chi connectivity index (χ3v) is 6.19. The van der Waals surface area contributed by atoms with Gasteiger partial charge in [-0.2, -0.15) is 0 Å². The van der Waals surface area contributed by atoms with Crippen molar-refractivity contribution in [3.05, 3.63) is 101 Å². The van der Waals surface area contributed by atoms with E-state index in [4.69, 9.17) is 4.74 Å². The van der Waals surface area contributed by atoms with Crippen LogP contribution < -0.4 is 10.1 Å². The van der Waals surface area contributed by atoms with Gasteiger partial charge in [-0.05, 0) is 73.7 Å². The molecule has 0 spiro atoms. The van der Waals surface area contributed by atoms with Crippen molar-refractivity contribution in [3.63, 3.8) is 0 Å². The van der Waals surface area contributed by atoms with Gasteiger partial charge in [-0.3, -0.25) is 4.79 Å². The van der Waals surface area contributed by atoms with Crippen LogP contribution in [0.25, 0.3) is 21.8 Å². The lowest BCUT2D eigenvalue weighted by Crippen LogP contribution is -2.39. The monoisotopic (exact) mass is 491 g/mol. The van der Waals surface area contributed by atoms with E-state index in [0.717, 1.165) is 32.9 Å². The number of aromatic amines is 2. The van der Waals surface area contributed by atoms with Gasteiger partial charge in [-0.15, -0.1) is 0 Å². The summed E-state index contributed by atoms with van der Waals surface area (Å²) in [6.07, 6.45) is 4.22. The molecule has 0 unspecified atom stereocenters. The number of aliphatic hydroxyl groups excluding tert-OH is 1. The van der Waals surface area contributed by atoms with Gasteiger partial charge >= 0.3 is 0 Å². The summed E-state index contributed by atoms with van der Waals surface area (Å²) in [5.41, 5.74) is 5.05. The molecule has 4 N–H and O–H groups in total. The number of ether oxygens (including phenoxy) is 1. The number of rotatable bonds is 7. The average molecular weight is 492 g/mol. The normalized spacial score (nSPS) is 11.9. The second-order valence-corrected chi connectivity index (χ2v) is 9.32. The maximum atomic E-state index is 13.4. The van der Waals surface area contributed by atoms with E-state index in [1.807, 2.05) is 80.8 Å². The van der Waals surface area contributed by atoms with Crippen LogP contribution in [0, 0.1) is 11.8 Å². The number of nitrogens with one attached hydrogen (secondary N) is 3. The van der Waals surface area contributed by atoms with Gasteiger partial charge in [0, 0.05) is 39.9 Å². The van der Waals surface area contributed by atoms with Crippen LogP contribution in [-0.2, 0) is 6.42 Å². The third kappa shape index (κ3) is 5.53. The molecular weight excluding hydrogens is 462 g/mol. The summed E-state index contributed by atoms with van der Waals surface area (Å²) in [5, 5.41) is 15.2. The summed E-state index contributed by atoms with van der Waals surface area (Å²) in [7, 11) is 0. The minimum atomic E-state index is -0.458. The van der Waals surface area contributed by atoms with Crippen LogP contribution in [0.3, 0.4) is 0 Å². The van der Waals surface area contributed by atoms with E-state index in [-0.39, 0.29) is 18.6 Å². The molecule has 0 aliphatic heterocycles. The number of benzene rings is 3. The number of carbonyl (C=O) groups is 1. The summed E-state index contributed by atoms with van der Waals surface area (Å²) < 4.78 is 5.92. The fourth-order valence-corrected chi connectivity index (χ4v) is 4.40. The Kier molecular flexibility index (Phi) is 6.98. The smallest absolute Gasteiger partial charge is 0.255 e. The molecule has 6 heteroatoms. The van der Waals surface area contributed by atoms with E-state index >= 15 is 0 Å². The van der Waals surface area contributed by atoms with Crippen molar-refractivity contribution in [3.8, 4) is 17.6 Å². The summed E-state index contributed by atoms with van der Waals surface area (Å²) >= 11 is 0. The van der Waals surface area contributed by atoms with E-state index in [0.29, 0.717) is 23.3 Å². The predicted octanol–water partition coefficient (Wildman–Crippen LogP) is 5.17. The zero-order chi connectivity index (χ0) is 25.8. The molecule has 0 aliphatic rings. The Morgan fingerprint density at radius 3 is 2.57 bits per heavy atom. The molecule has 0 fully saturated rings. The number of hydrogen-bond acceptors (Lipinski definition) is 3. The van der Waals surface area contributed by atoms with Crippen LogP contribution >= 0.6 is 0 Å². The lowest BCUT2D eigenvalue weighted by molar-refractivity contribution is 0.0910. The number of carbonyl (C=O) groups excluding carboxylic acids is 1. The van der Waals surface area contributed by atoms with Gasteiger partial charge in [0.25, 0.3) is 5.91 Å². The molecule has 6 nitrogen and oxygen atoms in total. The molecule has 0 radical (unpaired) electrons. The highest BCUT2D eigenvalue weighted by atomic mass is 16.5. The average Bonchev–Trinajstić information content (AvgIpc) is 3.54. The molecule has 2 aromatic heterocycles. The molecule has 0 saturated heterocycles. The van der Waals surface area contributed by atoms with Crippen molar-refractivity contribution in [1.29, 1.82) is 0 Å². The number of fused-ring (bicyclic) bond motifs is 2. The van der Waals surface area contributed by atoms with Crippen molar-refractivity contribution in [2.45, 2.75) is 32.4 Å². The first-order chi connectivity index (χ1) is 18.0. The lowest BCUT2D eigenvalue weighted by Gasteiger charge is -2.19. The van der Waals surface area contributed by atoms with Gasteiger partial charge in [0.2, 0.25) is 0 Å². The van der Waals surface area contributed by atoms with Gasteiger partial charge < -0.3 is 25.1 Å². The van der Waals surface area contributed by atoms with Crippen LogP contribution in [0.2, 0.25) is 0 Å². The van der Waals surface area contributed by atoms with Crippen molar-refractivity contribution in [1.82, 2.24) is 15.3 Å². The van der Waals surface area contributed by atoms with Crippen molar-refractivity contribution in [2.24, 2.45) is 0 Å². The molecule has 37 heavy (non-hydrogen) atoms. The largest absolute Gasteiger partial charge is 0.490 e. The Labute approximate surface area is 215 Å². The first-order valence-electron chi connectivity index (χ1n) is 12.4. The SMILES string of the molecule is CC(C)Oc1ccc(C#Cc2ccc3cc[nH]c3c2)cc1C(=O)N[C@@H](CO)Cc1c[nH]c2ccccc12.